The minimum Gasteiger partial charge on any atom is -0.462 e. The van der Waals surface area contributed by atoms with Crippen LogP contribution in [0.1, 0.15) is 265 Å². The summed E-state index contributed by atoms with van der Waals surface area (Å²) in [6.07, 6.45) is 71.4. The van der Waals surface area contributed by atoms with Crippen LogP contribution in [0.25, 0.3) is 0 Å². The first-order chi connectivity index (χ1) is 33.0. The molecule has 0 fully saturated rings. The van der Waals surface area contributed by atoms with E-state index >= 15 is 0 Å². The predicted octanol–water partition coefficient (Wildman–Crippen LogP) is 18.8. The molecule has 6 nitrogen and oxygen atoms in total. The summed E-state index contributed by atoms with van der Waals surface area (Å²) in [5.41, 5.74) is 0. The Bertz CT molecular complexity index is 1300. The van der Waals surface area contributed by atoms with E-state index in [-0.39, 0.29) is 37.5 Å². The van der Waals surface area contributed by atoms with Crippen LogP contribution in [0.3, 0.4) is 0 Å². The fourth-order valence-corrected chi connectivity index (χ4v) is 7.64. The molecule has 0 rings (SSSR count). The van der Waals surface area contributed by atoms with Gasteiger partial charge in [0, 0.05) is 19.3 Å². The maximum atomic E-state index is 12.8. The molecule has 6 heteroatoms. The number of carbonyl (C=O) groups is 3. The first kappa shape index (κ1) is 63.6. The number of rotatable bonds is 50. The number of hydrogen-bond acceptors (Lipinski definition) is 6. The van der Waals surface area contributed by atoms with Crippen LogP contribution < -0.4 is 0 Å². The standard InChI is InChI=1S/C61H104O6/c1-4-7-10-13-16-19-22-25-28-30-33-36-39-42-45-48-51-54-60(63)66-57-58(56-65-59(62)53-50-47-44-41-38-35-32-27-24-21-18-15-12-9-6-3)67-61(64)55-52-49-46-43-40-37-34-31-29-26-23-20-17-14-11-8-5-2/h8,11,17,20,25-29,32,34,37,43,46,58H,4-7,9-10,12-16,18-19,21-24,30-31,33,35-36,38-42,44-45,47-57H2,1-3H3/b11-8-,20-17-,28-25-,29-26-,32-27-,37-34-,46-43-/t58-/m0/s1. The van der Waals surface area contributed by atoms with Crippen LogP contribution >= 0.6 is 0 Å². The van der Waals surface area contributed by atoms with Crippen molar-refractivity contribution in [3.8, 4) is 0 Å². The van der Waals surface area contributed by atoms with E-state index in [2.05, 4.69) is 106 Å². The van der Waals surface area contributed by atoms with Crippen molar-refractivity contribution in [2.24, 2.45) is 0 Å². The molecule has 0 spiro atoms. The van der Waals surface area contributed by atoms with E-state index in [4.69, 9.17) is 14.2 Å². The monoisotopic (exact) mass is 933 g/mol. The highest BCUT2D eigenvalue weighted by Gasteiger charge is 2.19. The van der Waals surface area contributed by atoms with Crippen molar-refractivity contribution in [2.75, 3.05) is 13.2 Å². The zero-order chi connectivity index (χ0) is 48.6. The van der Waals surface area contributed by atoms with Gasteiger partial charge in [0.05, 0.1) is 0 Å². The van der Waals surface area contributed by atoms with E-state index in [1.807, 2.05) is 0 Å². The summed E-state index contributed by atoms with van der Waals surface area (Å²) in [6, 6.07) is 0. The summed E-state index contributed by atoms with van der Waals surface area (Å²) < 4.78 is 16.8. The summed E-state index contributed by atoms with van der Waals surface area (Å²) in [5.74, 6) is -0.971. The van der Waals surface area contributed by atoms with Gasteiger partial charge in [-0.3, -0.25) is 14.4 Å². The van der Waals surface area contributed by atoms with E-state index in [1.54, 1.807) is 0 Å². The Labute approximate surface area is 414 Å². The lowest BCUT2D eigenvalue weighted by Crippen LogP contribution is -2.30. The van der Waals surface area contributed by atoms with Crippen LogP contribution in [-0.4, -0.2) is 37.2 Å². The summed E-state index contributed by atoms with van der Waals surface area (Å²) in [5, 5.41) is 0. The number of carbonyl (C=O) groups excluding carboxylic acids is 3. The Balaban J connectivity index is 4.49. The summed E-state index contributed by atoms with van der Waals surface area (Å²) in [7, 11) is 0. The van der Waals surface area contributed by atoms with Crippen LogP contribution in [0.5, 0.6) is 0 Å². The van der Waals surface area contributed by atoms with Crippen molar-refractivity contribution >= 4 is 17.9 Å². The van der Waals surface area contributed by atoms with Gasteiger partial charge in [-0.25, -0.2) is 0 Å². The summed E-state index contributed by atoms with van der Waals surface area (Å²) in [6.45, 7) is 6.47. The average molecular weight is 933 g/mol. The van der Waals surface area contributed by atoms with E-state index in [0.29, 0.717) is 19.3 Å². The van der Waals surface area contributed by atoms with Crippen molar-refractivity contribution < 1.29 is 28.6 Å². The van der Waals surface area contributed by atoms with Gasteiger partial charge in [-0.1, -0.05) is 221 Å². The van der Waals surface area contributed by atoms with Crippen molar-refractivity contribution in [1.29, 1.82) is 0 Å². The molecule has 0 aliphatic rings. The molecule has 67 heavy (non-hydrogen) atoms. The molecule has 0 N–H and O–H groups in total. The number of ether oxygens (including phenoxy) is 3. The molecule has 0 aliphatic heterocycles. The van der Waals surface area contributed by atoms with Gasteiger partial charge in [0.2, 0.25) is 0 Å². The quantitative estimate of drug-likeness (QED) is 0.0262. The first-order valence-corrected chi connectivity index (χ1v) is 28.1. The minimum atomic E-state index is -0.811. The molecule has 0 unspecified atom stereocenters. The van der Waals surface area contributed by atoms with E-state index < -0.39 is 6.10 Å². The van der Waals surface area contributed by atoms with Gasteiger partial charge in [-0.2, -0.15) is 0 Å². The molecule has 0 aliphatic carbocycles. The smallest absolute Gasteiger partial charge is 0.306 e. The van der Waals surface area contributed by atoms with E-state index in [1.165, 1.54) is 135 Å². The van der Waals surface area contributed by atoms with Gasteiger partial charge >= 0.3 is 17.9 Å². The number of unbranched alkanes of at least 4 members (excludes halogenated alkanes) is 25. The van der Waals surface area contributed by atoms with Gasteiger partial charge < -0.3 is 14.2 Å². The van der Waals surface area contributed by atoms with Crippen molar-refractivity contribution in [2.45, 2.75) is 271 Å². The molecule has 1 atom stereocenters. The Morgan fingerprint density at radius 2 is 0.597 bits per heavy atom. The summed E-state index contributed by atoms with van der Waals surface area (Å²) >= 11 is 0. The zero-order valence-corrected chi connectivity index (χ0v) is 43.9. The van der Waals surface area contributed by atoms with Gasteiger partial charge in [0.1, 0.15) is 13.2 Å². The lowest BCUT2D eigenvalue weighted by Gasteiger charge is -2.18. The fourth-order valence-electron chi connectivity index (χ4n) is 7.64. The predicted molar refractivity (Wildman–Crippen MR) is 288 cm³/mol. The van der Waals surface area contributed by atoms with Crippen molar-refractivity contribution in [3.05, 3.63) is 85.1 Å². The van der Waals surface area contributed by atoms with Crippen molar-refractivity contribution in [1.82, 2.24) is 0 Å². The van der Waals surface area contributed by atoms with Gasteiger partial charge in [0.25, 0.3) is 0 Å². The Hall–Kier alpha value is -3.41. The van der Waals surface area contributed by atoms with Crippen molar-refractivity contribution in [3.63, 3.8) is 0 Å². The van der Waals surface area contributed by atoms with Crippen LogP contribution in [0, 0.1) is 0 Å². The molecule has 384 valence electrons. The SMILES string of the molecule is CC/C=C\C/C=C\C/C=C\C/C=C\C/C=C\CCCC(=O)O[C@@H](COC(=O)CCCCCCC/C=C\CCCCCCCC)COC(=O)CCCCCCCCC/C=C\CCCCCCCC. The Morgan fingerprint density at radius 1 is 0.313 bits per heavy atom. The van der Waals surface area contributed by atoms with Gasteiger partial charge in [-0.15, -0.1) is 0 Å². The third-order valence-corrected chi connectivity index (χ3v) is 11.9. The second-order valence-electron chi connectivity index (χ2n) is 18.5. The molecule has 0 heterocycles. The summed E-state index contributed by atoms with van der Waals surface area (Å²) in [4.78, 5) is 38.1. The Morgan fingerprint density at radius 3 is 0.970 bits per heavy atom. The maximum Gasteiger partial charge on any atom is 0.306 e. The third-order valence-electron chi connectivity index (χ3n) is 11.9. The van der Waals surface area contributed by atoms with Gasteiger partial charge in [-0.05, 0) is 109 Å². The number of allylic oxidation sites excluding steroid dienone is 14. The molecule has 0 bridgehead atoms. The average Bonchev–Trinajstić information content (AvgIpc) is 3.33. The second kappa shape index (κ2) is 55.2. The highest BCUT2D eigenvalue weighted by molar-refractivity contribution is 5.71. The molecule has 0 saturated carbocycles. The van der Waals surface area contributed by atoms with E-state index in [9.17, 15) is 14.4 Å². The van der Waals surface area contributed by atoms with Crippen LogP contribution in [0.15, 0.2) is 85.1 Å². The maximum absolute atomic E-state index is 12.8. The topological polar surface area (TPSA) is 78.9 Å². The molecule has 0 aromatic carbocycles. The highest BCUT2D eigenvalue weighted by Crippen LogP contribution is 2.14. The highest BCUT2D eigenvalue weighted by atomic mass is 16.6. The molecular weight excluding hydrogens is 829 g/mol. The molecule has 0 radical (unpaired) electrons. The molecule has 0 amide bonds. The molecule has 0 aromatic heterocycles. The number of esters is 3. The van der Waals surface area contributed by atoms with Crippen LogP contribution in [0.4, 0.5) is 0 Å². The first-order valence-electron chi connectivity index (χ1n) is 28.1. The van der Waals surface area contributed by atoms with E-state index in [0.717, 1.165) is 83.5 Å². The molecule has 0 saturated heterocycles. The molecule has 0 aromatic rings. The third kappa shape index (κ3) is 53.4. The largest absolute Gasteiger partial charge is 0.462 e. The fraction of sp³-hybridized carbons (Fsp3) is 0.721. The number of hydrogen-bond donors (Lipinski definition) is 0. The van der Waals surface area contributed by atoms with Crippen LogP contribution in [0.2, 0.25) is 0 Å². The minimum absolute atomic E-state index is 0.104. The second-order valence-corrected chi connectivity index (χ2v) is 18.5. The Kier molecular flexibility index (Phi) is 52.4. The lowest BCUT2D eigenvalue weighted by molar-refractivity contribution is -0.167. The lowest BCUT2D eigenvalue weighted by atomic mass is 10.1. The van der Waals surface area contributed by atoms with Crippen LogP contribution in [-0.2, 0) is 28.6 Å². The zero-order valence-electron chi connectivity index (χ0n) is 43.9. The van der Waals surface area contributed by atoms with Gasteiger partial charge in [0.15, 0.2) is 6.10 Å². The molecular formula is C61H104O6. The normalized spacial score (nSPS) is 12.7.